The van der Waals surface area contributed by atoms with Crippen molar-refractivity contribution in [2.24, 2.45) is 0 Å². The molecule has 0 fully saturated rings. The average Bonchev–Trinajstić information content (AvgIpc) is 2.70. The van der Waals surface area contributed by atoms with Gasteiger partial charge in [0.15, 0.2) is 0 Å². The fourth-order valence-electron chi connectivity index (χ4n) is 2.24. The summed E-state index contributed by atoms with van der Waals surface area (Å²) in [7, 11) is 1.32. The zero-order chi connectivity index (χ0) is 21.4. The number of alkyl halides is 3. The molecule has 152 valence electrons. The standard InChI is InChI=1S/C20H17F3N2O4/c1-24-19(28)25-18(27)17(14-5-3-2-4-6-14)29-16(26)12-9-13-7-10-15(11-8-13)20(21,22)23/h2-12,17H,1H3,(H2,24,25,27,28)/b12-9+/t17-/m0/s1. The molecule has 0 aliphatic heterocycles. The highest BCUT2D eigenvalue weighted by atomic mass is 19.4. The second-order valence-electron chi connectivity index (χ2n) is 5.75. The molecule has 0 spiro atoms. The van der Waals surface area contributed by atoms with Crippen LogP contribution < -0.4 is 10.6 Å². The van der Waals surface area contributed by atoms with E-state index in [1.165, 1.54) is 25.3 Å². The summed E-state index contributed by atoms with van der Waals surface area (Å²) in [6.07, 6.45) is -3.62. The number of imide groups is 1. The van der Waals surface area contributed by atoms with Crippen LogP contribution in [0.2, 0.25) is 0 Å². The molecule has 1 atom stereocenters. The molecule has 0 aliphatic rings. The Kier molecular flexibility index (Phi) is 7.13. The molecular formula is C20H17F3N2O4. The molecule has 2 rings (SSSR count). The number of hydrogen-bond donors (Lipinski definition) is 2. The summed E-state index contributed by atoms with van der Waals surface area (Å²) in [5.41, 5.74) is -0.140. The Morgan fingerprint density at radius 1 is 1.00 bits per heavy atom. The Bertz CT molecular complexity index is 894. The van der Waals surface area contributed by atoms with Gasteiger partial charge in [-0.3, -0.25) is 10.1 Å². The van der Waals surface area contributed by atoms with Gasteiger partial charge in [0.25, 0.3) is 5.91 Å². The maximum absolute atomic E-state index is 12.6. The topological polar surface area (TPSA) is 84.5 Å². The highest BCUT2D eigenvalue weighted by Crippen LogP contribution is 2.29. The molecule has 0 aliphatic carbocycles. The third-order valence-electron chi connectivity index (χ3n) is 3.69. The molecule has 2 N–H and O–H groups in total. The van der Waals surface area contributed by atoms with Crippen molar-refractivity contribution in [3.63, 3.8) is 0 Å². The van der Waals surface area contributed by atoms with E-state index in [0.29, 0.717) is 11.1 Å². The van der Waals surface area contributed by atoms with Gasteiger partial charge in [-0.15, -0.1) is 0 Å². The van der Waals surface area contributed by atoms with Crippen LogP contribution in [0.3, 0.4) is 0 Å². The van der Waals surface area contributed by atoms with Crippen LogP contribution in [-0.2, 0) is 20.5 Å². The highest BCUT2D eigenvalue weighted by Gasteiger charge is 2.30. The summed E-state index contributed by atoms with van der Waals surface area (Å²) in [5, 5.41) is 4.24. The molecule has 6 nitrogen and oxygen atoms in total. The molecule has 0 bridgehead atoms. The molecule has 0 aromatic heterocycles. The number of carbonyl (C=O) groups is 3. The lowest BCUT2D eigenvalue weighted by atomic mass is 10.1. The number of carbonyl (C=O) groups excluding carboxylic acids is 3. The minimum atomic E-state index is -4.46. The van der Waals surface area contributed by atoms with Crippen LogP contribution in [0.25, 0.3) is 6.08 Å². The minimum Gasteiger partial charge on any atom is -0.444 e. The monoisotopic (exact) mass is 406 g/mol. The first-order valence-electron chi connectivity index (χ1n) is 8.34. The van der Waals surface area contributed by atoms with Gasteiger partial charge >= 0.3 is 18.2 Å². The second kappa shape index (κ2) is 9.54. The third-order valence-corrected chi connectivity index (χ3v) is 3.69. The van der Waals surface area contributed by atoms with Gasteiger partial charge in [0, 0.05) is 18.7 Å². The normalized spacial score (nSPS) is 12.3. The lowest BCUT2D eigenvalue weighted by Gasteiger charge is -2.16. The summed E-state index contributed by atoms with van der Waals surface area (Å²) in [5.74, 6) is -1.77. The summed E-state index contributed by atoms with van der Waals surface area (Å²) in [6.45, 7) is 0. The van der Waals surface area contributed by atoms with E-state index in [-0.39, 0.29) is 0 Å². The third kappa shape index (κ3) is 6.49. The van der Waals surface area contributed by atoms with Gasteiger partial charge in [0.2, 0.25) is 6.10 Å². The number of urea groups is 1. The molecule has 3 amide bonds. The number of halogens is 3. The van der Waals surface area contributed by atoms with Crippen LogP contribution in [-0.4, -0.2) is 25.0 Å². The van der Waals surface area contributed by atoms with E-state index in [9.17, 15) is 27.6 Å². The van der Waals surface area contributed by atoms with Gasteiger partial charge in [-0.05, 0) is 23.8 Å². The number of esters is 1. The van der Waals surface area contributed by atoms with Gasteiger partial charge in [0.05, 0.1) is 5.56 Å². The maximum Gasteiger partial charge on any atom is 0.416 e. The van der Waals surface area contributed by atoms with Crippen molar-refractivity contribution >= 4 is 24.0 Å². The van der Waals surface area contributed by atoms with Crippen LogP contribution in [0.4, 0.5) is 18.0 Å². The smallest absolute Gasteiger partial charge is 0.416 e. The number of nitrogens with one attached hydrogen (secondary N) is 2. The Morgan fingerprint density at radius 3 is 2.17 bits per heavy atom. The quantitative estimate of drug-likeness (QED) is 0.588. The first-order valence-corrected chi connectivity index (χ1v) is 8.34. The van der Waals surface area contributed by atoms with E-state index in [1.54, 1.807) is 30.3 Å². The van der Waals surface area contributed by atoms with E-state index in [2.05, 4.69) is 5.32 Å². The molecule has 0 saturated carbocycles. The molecule has 0 radical (unpaired) electrons. The Balaban J connectivity index is 2.12. The first kappa shape index (κ1) is 21.7. The van der Waals surface area contributed by atoms with Crippen LogP contribution in [0.1, 0.15) is 22.8 Å². The van der Waals surface area contributed by atoms with E-state index >= 15 is 0 Å². The molecule has 9 heteroatoms. The largest absolute Gasteiger partial charge is 0.444 e. The van der Waals surface area contributed by atoms with E-state index in [4.69, 9.17) is 4.74 Å². The summed E-state index contributed by atoms with van der Waals surface area (Å²) < 4.78 is 42.9. The van der Waals surface area contributed by atoms with Crippen LogP contribution in [0.15, 0.2) is 60.7 Å². The molecule has 2 aromatic rings. The summed E-state index contributed by atoms with van der Waals surface area (Å²) in [6, 6.07) is 11.4. The number of benzene rings is 2. The maximum atomic E-state index is 12.6. The summed E-state index contributed by atoms with van der Waals surface area (Å²) >= 11 is 0. The van der Waals surface area contributed by atoms with Gasteiger partial charge in [-0.1, -0.05) is 42.5 Å². The number of rotatable bonds is 5. The zero-order valence-electron chi connectivity index (χ0n) is 15.2. The van der Waals surface area contributed by atoms with Crippen LogP contribution in [0, 0.1) is 0 Å². The van der Waals surface area contributed by atoms with Crippen molar-refractivity contribution in [3.8, 4) is 0 Å². The van der Waals surface area contributed by atoms with Gasteiger partial charge in [0.1, 0.15) is 0 Å². The molecule has 0 saturated heterocycles. The van der Waals surface area contributed by atoms with Gasteiger partial charge < -0.3 is 10.1 Å². The van der Waals surface area contributed by atoms with Crippen molar-refractivity contribution in [2.75, 3.05) is 7.05 Å². The van der Waals surface area contributed by atoms with Crippen molar-refractivity contribution in [2.45, 2.75) is 12.3 Å². The SMILES string of the molecule is CNC(=O)NC(=O)[C@@H](OC(=O)/C=C/c1ccc(C(F)(F)F)cc1)c1ccccc1. The first-order chi connectivity index (χ1) is 13.7. The van der Waals surface area contributed by atoms with Gasteiger partial charge in [-0.25, -0.2) is 9.59 Å². The van der Waals surface area contributed by atoms with Crippen molar-refractivity contribution in [3.05, 3.63) is 77.4 Å². The second-order valence-corrected chi connectivity index (χ2v) is 5.75. The van der Waals surface area contributed by atoms with E-state index in [0.717, 1.165) is 18.2 Å². The van der Waals surface area contributed by atoms with E-state index < -0.39 is 35.8 Å². The lowest BCUT2D eigenvalue weighted by molar-refractivity contribution is -0.151. The highest BCUT2D eigenvalue weighted by molar-refractivity contribution is 5.98. The fraction of sp³-hybridized carbons (Fsp3) is 0.150. The summed E-state index contributed by atoms with van der Waals surface area (Å²) in [4.78, 5) is 35.8. The average molecular weight is 406 g/mol. The number of hydrogen-bond acceptors (Lipinski definition) is 4. The van der Waals surface area contributed by atoms with E-state index in [1.807, 2.05) is 5.32 Å². The van der Waals surface area contributed by atoms with Crippen LogP contribution in [0.5, 0.6) is 0 Å². The Hall–Kier alpha value is -3.62. The predicted molar refractivity (Wildman–Crippen MR) is 98.4 cm³/mol. The number of ether oxygens (including phenoxy) is 1. The van der Waals surface area contributed by atoms with Crippen molar-refractivity contribution < 1.29 is 32.3 Å². The molecule has 0 unspecified atom stereocenters. The van der Waals surface area contributed by atoms with Crippen LogP contribution >= 0.6 is 0 Å². The minimum absolute atomic E-state index is 0.334. The molecular weight excluding hydrogens is 389 g/mol. The zero-order valence-corrected chi connectivity index (χ0v) is 15.2. The lowest BCUT2D eigenvalue weighted by Crippen LogP contribution is -2.41. The van der Waals surface area contributed by atoms with Gasteiger partial charge in [-0.2, -0.15) is 13.2 Å². The Labute approximate surface area is 164 Å². The fourth-order valence-corrected chi connectivity index (χ4v) is 2.24. The Morgan fingerprint density at radius 2 is 1.62 bits per heavy atom. The van der Waals surface area contributed by atoms with Crippen molar-refractivity contribution in [1.29, 1.82) is 0 Å². The molecule has 29 heavy (non-hydrogen) atoms. The predicted octanol–water partition coefficient (Wildman–Crippen LogP) is 3.46. The molecule has 2 aromatic carbocycles. The van der Waals surface area contributed by atoms with Crippen molar-refractivity contribution in [1.82, 2.24) is 10.6 Å². The molecule has 0 heterocycles. The number of amides is 3.